The molecule has 1 N–H and O–H groups in total. The van der Waals surface area contributed by atoms with Gasteiger partial charge in [-0.25, -0.2) is 4.79 Å². The second-order valence-electron chi connectivity index (χ2n) is 8.70. The Morgan fingerprint density at radius 2 is 1.82 bits per heavy atom. The van der Waals surface area contributed by atoms with Crippen LogP contribution in [0.4, 0.5) is 5.95 Å². The highest BCUT2D eigenvalue weighted by Gasteiger charge is 2.38. The Morgan fingerprint density at radius 1 is 1.12 bits per heavy atom. The molecule has 34 heavy (non-hydrogen) atoms. The molecule has 182 valence electrons. The van der Waals surface area contributed by atoms with E-state index < -0.39 is 17.3 Å². The Balaban J connectivity index is 1.64. The first kappa shape index (κ1) is 23.7. The predicted octanol–water partition coefficient (Wildman–Crippen LogP) is 0.671. The second-order valence-corrected chi connectivity index (χ2v) is 8.70. The average molecular weight is 468 g/mol. The minimum atomic E-state index is -0.498. The highest BCUT2D eigenvalue weighted by atomic mass is 16.2. The Bertz CT molecular complexity index is 1290. The molecule has 3 aromatic rings. The van der Waals surface area contributed by atoms with Crippen molar-refractivity contribution in [3.63, 3.8) is 0 Å². The molecular formula is C24H33N7O3. The number of rotatable bonds is 9. The van der Waals surface area contributed by atoms with Gasteiger partial charge in [-0.15, -0.1) is 0 Å². The molecule has 10 heteroatoms. The third-order valence-electron chi connectivity index (χ3n) is 6.66. The largest absolute Gasteiger partial charge is 0.354 e. The van der Waals surface area contributed by atoms with Crippen LogP contribution < -0.4 is 21.5 Å². The van der Waals surface area contributed by atoms with Gasteiger partial charge in [-0.1, -0.05) is 44.2 Å². The van der Waals surface area contributed by atoms with Crippen LogP contribution in [0.5, 0.6) is 0 Å². The molecule has 4 rings (SSSR count). The normalized spacial score (nSPS) is 15.3. The lowest BCUT2D eigenvalue weighted by molar-refractivity contribution is -0.122. The Kier molecular flexibility index (Phi) is 6.87. The van der Waals surface area contributed by atoms with Gasteiger partial charge in [-0.3, -0.25) is 18.7 Å². The molecule has 0 radical (unpaired) electrons. The number of carbonyl (C=O) groups excluding carboxylic acids is 1. The summed E-state index contributed by atoms with van der Waals surface area (Å²) in [5.74, 6) is 0.441. The van der Waals surface area contributed by atoms with Gasteiger partial charge in [-0.2, -0.15) is 4.98 Å². The smallest absolute Gasteiger partial charge is 0.332 e. The van der Waals surface area contributed by atoms with Crippen LogP contribution in [-0.2, 0) is 32.0 Å². The molecule has 1 aliphatic rings. The number of fused-ring (bicyclic) bond motifs is 3. The number of imidazole rings is 1. The van der Waals surface area contributed by atoms with Crippen molar-refractivity contribution in [3.05, 3.63) is 56.7 Å². The molecule has 0 spiro atoms. The van der Waals surface area contributed by atoms with Gasteiger partial charge in [0.05, 0.1) is 6.54 Å². The standard InChI is InChI=1S/C24H33N7O3/c1-5-29(6-2)14-10-13-25-21(32)18-16-31-19-20(27(3)24(34)28(4)22(19)33)26-23(31)30(18)15-17-11-8-7-9-12-17/h7-9,11-12,18H,5-6,10,13-16H2,1-4H3,(H,25,32). The van der Waals surface area contributed by atoms with Crippen molar-refractivity contribution < 1.29 is 4.79 Å². The molecule has 2 aromatic heterocycles. The molecule has 0 fully saturated rings. The van der Waals surface area contributed by atoms with Crippen LogP contribution in [0.1, 0.15) is 25.8 Å². The number of hydrogen-bond acceptors (Lipinski definition) is 6. The number of carbonyl (C=O) groups is 1. The number of anilines is 1. The van der Waals surface area contributed by atoms with E-state index in [-0.39, 0.29) is 5.91 Å². The third kappa shape index (κ3) is 4.25. The van der Waals surface area contributed by atoms with E-state index in [1.54, 1.807) is 11.6 Å². The van der Waals surface area contributed by atoms with E-state index in [1.807, 2.05) is 35.2 Å². The molecule has 0 saturated heterocycles. The summed E-state index contributed by atoms with van der Waals surface area (Å²) in [5.41, 5.74) is 0.876. The zero-order chi connectivity index (χ0) is 24.4. The minimum Gasteiger partial charge on any atom is -0.354 e. The molecule has 0 saturated carbocycles. The van der Waals surface area contributed by atoms with Gasteiger partial charge >= 0.3 is 5.69 Å². The van der Waals surface area contributed by atoms with Crippen molar-refractivity contribution in [2.75, 3.05) is 31.1 Å². The van der Waals surface area contributed by atoms with Gasteiger partial charge in [0.1, 0.15) is 6.04 Å². The molecule has 10 nitrogen and oxygen atoms in total. The quantitative estimate of drug-likeness (QED) is 0.465. The van der Waals surface area contributed by atoms with Crippen LogP contribution in [0.2, 0.25) is 0 Å². The maximum absolute atomic E-state index is 13.3. The summed E-state index contributed by atoms with van der Waals surface area (Å²) >= 11 is 0. The topological polar surface area (TPSA) is 97.4 Å². The highest BCUT2D eigenvalue weighted by molar-refractivity contribution is 5.87. The summed E-state index contributed by atoms with van der Waals surface area (Å²) in [5, 5.41) is 3.08. The Hall–Kier alpha value is -3.40. The molecular weight excluding hydrogens is 434 g/mol. The molecule has 0 bridgehead atoms. The first-order valence-electron chi connectivity index (χ1n) is 11.8. The lowest BCUT2D eigenvalue weighted by Gasteiger charge is -2.25. The summed E-state index contributed by atoms with van der Waals surface area (Å²) in [6, 6.07) is 9.36. The number of hydrogen-bond donors (Lipinski definition) is 1. The van der Waals surface area contributed by atoms with Crippen LogP contribution in [0.3, 0.4) is 0 Å². The Morgan fingerprint density at radius 3 is 2.50 bits per heavy atom. The van der Waals surface area contributed by atoms with Crippen LogP contribution in [0.15, 0.2) is 39.9 Å². The Labute approximate surface area is 198 Å². The van der Waals surface area contributed by atoms with E-state index in [4.69, 9.17) is 0 Å². The van der Waals surface area contributed by atoms with Crippen molar-refractivity contribution in [2.24, 2.45) is 14.1 Å². The molecule has 0 aliphatic carbocycles. The summed E-state index contributed by atoms with van der Waals surface area (Å²) in [6.07, 6.45) is 0.870. The van der Waals surface area contributed by atoms with Crippen molar-refractivity contribution in [1.82, 2.24) is 28.9 Å². The maximum atomic E-state index is 13.3. The lowest BCUT2D eigenvalue weighted by atomic mass is 10.2. The van der Waals surface area contributed by atoms with E-state index >= 15 is 0 Å². The van der Waals surface area contributed by atoms with Gasteiger partial charge < -0.3 is 19.7 Å². The molecule has 1 aliphatic heterocycles. The fourth-order valence-electron chi connectivity index (χ4n) is 4.60. The van der Waals surface area contributed by atoms with Gasteiger partial charge in [0.2, 0.25) is 11.9 Å². The van der Waals surface area contributed by atoms with Crippen molar-refractivity contribution in [1.29, 1.82) is 0 Å². The van der Waals surface area contributed by atoms with Gasteiger partial charge in [0.15, 0.2) is 11.2 Å². The van der Waals surface area contributed by atoms with Gasteiger partial charge in [-0.05, 0) is 31.6 Å². The first-order chi connectivity index (χ1) is 16.4. The van der Waals surface area contributed by atoms with Crippen LogP contribution in [0, 0.1) is 0 Å². The second kappa shape index (κ2) is 9.84. The van der Waals surface area contributed by atoms with Crippen molar-refractivity contribution in [2.45, 2.75) is 39.4 Å². The zero-order valence-corrected chi connectivity index (χ0v) is 20.3. The molecule has 1 amide bonds. The number of aryl methyl sites for hydroxylation is 1. The van der Waals surface area contributed by atoms with Gasteiger partial charge in [0.25, 0.3) is 5.56 Å². The fraction of sp³-hybridized carbons (Fsp3) is 0.500. The third-order valence-corrected chi connectivity index (χ3v) is 6.66. The number of benzene rings is 1. The fourth-order valence-corrected chi connectivity index (χ4v) is 4.60. The lowest BCUT2D eigenvalue weighted by Crippen LogP contribution is -2.46. The SMILES string of the molecule is CCN(CC)CCCNC(=O)C1Cn2c(nc3c2c(=O)n(C)c(=O)n3C)N1Cc1ccccc1. The summed E-state index contributed by atoms with van der Waals surface area (Å²) in [7, 11) is 3.06. The van der Waals surface area contributed by atoms with E-state index in [2.05, 4.69) is 29.0 Å². The van der Waals surface area contributed by atoms with Crippen molar-refractivity contribution >= 4 is 23.0 Å². The summed E-state index contributed by atoms with van der Waals surface area (Å²) < 4.78 is 4.24. The number of nitrogens with zero attached hydrogens (tertiary/aromatic N) is 6. The number of nitrogens with one attached hydrogen (secondary N) is 1. The van der Waals surface area contributed by atoms with E-state index in [0.29, 0.717) is 36.7 Å². The molecule has 1 aromatic carbocycles. The monoisotopic (exact) mass is 467 g/mol. The zero-order valence-electron chi connectivity index (χ0n) is 20.3. The highest BCUT2D eigenvalue weighted by Crippen LogP contribution is 2.30. The van der Waals surface area contributed by atoms with Gasteiger partial charge in [0, 0.05) is 27.2 Å². The summed E-state index contributed by atoms with van der Waals surface area (Å²) in [6.45, 7) is 8.53. The number of aromatic nitrogens is 4. The summed E-state index contributed by atoms with van der Waals surface area (Å²) in [4.78, 5) is 47.5. The van der Waals surface area contributed by atoms with E-state index in [9.17, 15) is 14.4 Å². The molecule has 1 unspecified atom stereocenters. The van der Waals surface area contributed by atoms with Crippen molar-refractivity contribution in [3.8, 4) is 0 Å². The first-order valence-corrected chi connectivity index (χ1v) is 11.8. The molecule has 3 heterocycles. The van der Waals surface area contributed by atoms with Crippen LogP contribution in [0.25, 0.3) is 11.2 Å². The van der Waals surface area contributed by atoms with E-state index in [0.717, 1.165) is 36.2 Å². The van der Waals surface area contributed by atoms with E-state index in [1.165, 1.54) is 11.6 Å². The van der Waals surface area contributed by atoms with Crippen LogP contribution in [-0.4, -0.2) is 61.7 Å². The molecule has 1 atom stereocenters. The van der Waals surface area contributed by atoms with Crippen LogP contribution >= 0.6 is 0 Å². The maximum Gasteiger partial charge on any atom is 0.332 e. The average Bonchev–Trinajstić information content (AvgIpc) is 3.39. The number of amides is 1. The predicted molar refractivity (Wildman–Crippen MR) is 132 cm³/mol. The minimum absolute atomic E-state index is 0.0872.